The van der Waals surface area contributed by atoms with E-state index < -0.39 is 23.8 Å². The number of imide groups is 1. The van der Waals surface area contributed by atoms with Crippen molar-refractivity contribution in [3.05, 3.63) is 29.0 Å². The van der Waals surface area contributed by atoms with E-state index in [-0.39, 0.29) is 17.0 Å². The summed E-state index contributed by atoms with van der Waals surface area (Å²) < 4.78 is 1.97. The average Bonchev–Trinajstić information content (AvgIpc) is 2.75. The smallest absolute Gasteiger partial charge is 0.327 e. The Labute approximate surface area is 166 Å². The summed E-state index contributed by atoms with van der Waals surface area (Å²) in [5.74, 6) is -2.78. The molecule has 1 N–H and O–H groups in total. The number of carboxylic acid groups (broad SMARTS) is 1. The molecule has 1 heterocycles. The van der Waals surface area contributed by atoms with Crippen LogP contribution in [-0.4, -0.2) is 33.8 Å². The highest BCUT2D eigenvalue weighted by Crippen LogP contribution is 2.46. The van der Waals surface area contributed by atoms with Crippen LogP contribution in [0.4, 0.5) is 0 Å². The number of carbonyl (C=O) groups excluding carboxylic acids is 2. The van der Waals surface area contributed by atoms with Crippen molar-refractivity contribution >= 4 is 81.5 Å². The van der Waals surface area contributed by atoms with Crippen LogP contribution in [0.2, 0.25) is 0 Å². The van der Waals surface area contributed by atoms with E-state index in [0.29, 0.717) is 24.3 Å². The van der Waals surface area contributed by atoms with Crippen molar-refractivity contribution in [2.24, 2.45) is 5.92 Å². The molecular formula is C14H11Br4NO4. The van der Waals surface area contributed by atoms with Gasteiger partial charge < -0.3 is 5.11 Å². The number of amides is 2. The van der Waals surface area contributed by atoms with Gasteiger partial charge in [-0.2, -0.15) is 0 Å². The molecular weight excluding hydrogens is 566 g/mol. The summed E-state index contributed by atoms with van der Waals surface area (Å²) in [5.41, 5.74) is 0.318. The van der Waals surface area contributed by atoms with E-state index in [1.165, 1.54) is 0 Å². The minimum absolute atomic E-state index is 0.159. The maximum absolute atomic E-state index is 12.8. The van der Waals surface area contributed by atoms with Crippen molar-refractivity contribution in [1.29, 1.82) is 0 Å². The molecule has 23 heavy (non-hydrogen) atoms. The van der Waals surface area contributed by atoms with Crippen LogP contribution in [0.15, 0.2) is 17.9 Å². The Morgan fingerprint density at radius 1 is 1.00 bits per heavy atom. The van der Waals surface area contributed by atoms with Gasteiger partial charge in [-0.1, -0.05) is 20.3 Å². The predicted molar refractivity (Wildman–Crippen MR) is 98.6 cm³/mol. The Morgan fingerprint density at radius 3 is 1.70 bits per heavy atom. The van der Waals surface area contributed by atoms with Gasteiger partial charge >= 0.3 is 5.97 Å². The zero-order valence-corrected chi connectivity index (χ0v) is 18.3. The van der Waals surface area contributed by atoms with Crippen LogP contribution in [0.1, 0.15) is 41.0 Å². The molecule has 1 aliphatic heterocycles. The van der Waals surface area contributed by atoms with E-state index >= 15 is 0 Å². The molecule has 0 fully saturated rings. The fourth-order valence-corrected chi connectivity index (χ4v) is 4.91. The van der Waals surface area contributed by atoms with E-state index in [9.17, 15) is 19.5 Å². The van der Waals surface area contributed by atoms with Gasteiger partial charge in [0, 0.05) is 17.9 Å². The fourth-order valence-electron chi connectivity index (χ4n) is 2.45. The highest BCUT2D eigenvalue weighted by molar-refractivity contribution is 9.15. The number of fused-ring (bicyclic) bond motifs is 1. The number of nitrogens with zero attached hydrogens (tertiary/aromatic N) is 1. The molecule has 0 saturated carbocycles. The topological polar surface area (TPSA) is 74.7 Å². The van der Waals surface area contributed by atoms with Gasteiger partial charge in [0.25, 0.3) is 11.8 Å². The largest absolute Gasteiger partial charge is 0.480 e. The molecule has 0 saturated heterocycles. The van der Waals surface area contributed by atoms with Crippen LogP contribution in [-0.2, 0) is 4.79 Å². The first-order valence-corrected chi connectivity index (χ1v) is 9.78. The quantitative estimate of drug-likeness (QED) is 0.317. The van der Waals surface area contributed by atoms with Crippen LogP contribution in [0.25, 0.3) is 0 Å². The van der Waals surface area contributed by atoms with E-state index in [2.05, 4.69) is 63.7 Å². The molecule has 0 aromatic heterocycles. The maximum Gasteiger partial charge on any atom is 0.327 e. The van der Waals surface area contributed by atoms with Gasteiger partial charge in [0.15, 0.2) is 0 Å². The third kappa shape index (κ3) is 2.94. The van der Waals surface area contributed by atoms with Gasteiger partial charge in [-0.3, -0.25) is 14.5 Å². The lowest BCUT2D eigenvalue weighted by Gasteiger charge is -2.27. The Balaban J connectivity index is 2.69. The number of hydrogen-bond acceptors (Lipinski definition) is 3. The standard InChI is InChI=1S/C14H11Br4NO4/c1-3-4(2)11(14(22)23)19-12(20)5-6(13(19)21)8(16)10(18)9(17)7(5)15/h4,11H,3H2,1-2H3,(H,22,23). The molecule has 9 heteroatoms. The molecule has 2 amide bonds. The van der Waals surface area contributed by atoms with Gasteiger partial charge in [0.1, 0.15) is 6.04 Å². The summed E-state index contributed by atoms with van der Waals surface area (Å²) in [6.07, 6.45) is 0.528. The number of carboxylic acids is 1. The first-order valence-electron chi connectivity index (χ1n) is 6.61. The summed E-state index contributed by atoms with van der Waals surface area (Å²) in [6.45, 7) is 3.52. The zero-order chi connectivity index (χ0) is 17.6. The van der Waals surface area contributed by atoms with Crippen LogP contribution >= 0.6 is 63.7 Å². The highest BCUT2D eigenvalue weighted by Gasteiger charge is 2.47. The minimum atomic E-state index is -1.20. The normalized spacial score (nSPS) is 16.5. The number of aliphatic carboxylic acids is 1. The van der Waals surface area contributed by atoms with Crippen molar-refractivity contribution in [3.63, 3.8) is 0 Å². The van der Waals surface area contributed by atoms with E-state index in [4.69, 9.17) is 0 Å². The number of rotatable bonds is 4. The van der Waals surface area contributed by atoms with Crippen LogP contribution < -0.4 is 0 Å². The van der Waals surface area contributed by atoms with Gasteiger partial charge in [0.2, 0.25) is 0 Å². The zero-order valence-electron chi connectivity index (χ0n) is 12.0. The van der Waals surface area contributed by atoms with Gasteiger partial charge in [-0.05, 0) is 69.6 Å². The summed E-state index contributed by atoms with van der Waals surface area (Å²) in [7, 11) is 0. The van der Waals surface area contributed by atoms with E-state index in [1.807, 2.05) is 6.92 Å². The molecule has 5 nitrogen and oxygen atoms in total. The Bertz CT molecular complexity index is 687. The second-order valence-corrected chi connectivity index (χ2v) is 8.33. The number of carbonyl (C=O) groups is 3. The molecule has 2 rings (SSSR count). The molecule has 0 bridgehead atoms. The summed E-state index contributed by atoms with van der Waals surface area (Å²) in [5, 5.41) is 9.51. The first-order chi connectivity index (χ1) is 10.6. The van der Waals surface area contributed by atoms with Crippen molar-refractivity contribution in [3.8, 4) is 0 Å². The second kappa shape index (κ2) is 6.93. The lowest BCUT2D eigenvalue weighted by atomic mass is 9.98. The second-order valence-electron chi connectivity index (χ2n) is 5.15. The number of halogens is 4. The van der Waals surface area contributed by atoms with Gasteiger partial charge in [0.05, 0.1) is 11.1 Å². The molecule has 1 aromatic carbocycles. The van der Waals surface area contributed by atoms with E-state index in [0.717, 1.165) is 4.90 Å². The third-order valence-electron chi connectivity index (χ3n) is 3.85. The van der Waals surface area contributed by atoms with Crippen LogP contribution in [0.5, 0.6) is 0 Å². The van der Waals surface area contributed by atoms with Crippen molar-refractivity contribution in [2.45, 2.75) is 26.3 Å². The van der Waals surface area contributed by atoms with Gasteiger partial charge in [-0.25, -0.2) is 4.79 Å². The van der Waals surface area contributed by atoms with Gasteiger partial charge in [-0.15, -0.1) is 0 Å². The summed E-state index contributed by atoms with van der Waals surface area (Å²) in [4.78, 5) is 38.0. The molecule has 124 valence electrons. The Hall–Kier alpha value is -0.250. The lowest BCUT2D eigenvalue weighted by molar-refractivity contribution is -0.143. The third-order valence-corrected chi connectivity index (χ3v) is 8.61. The molecule has 0 spiro atoms. The van der Waals surface area contributed by atoms with Crippen molar-refractivity contribution < 1.29 is 19.5 Å². The van der Waals surface area contributed by atoms with E-state index in [1.54, 1.807) is 6.92 Å². The number of benzene rings is 1. The summed E-state index contributed by atoms with van der Waals surface area (Å²) >= 11 is 13.3. The minimum Gasteiger partial charge on any atom is -0.480 e. The van der Waals surface area contributed by atoms with Crippen LogP contribution in [0, 0.1) is 5.92 Å². The van der Waals surface area contributed by atoms with Crippen molar-refractivity contribution in [2.75, 3.05) is 0 Å². The molecule has 2 atom stereocenters. The Morgan fingerprint density at radius 2 is 1.39 bits per heavy atom. The number of hydrogen-bond donors (Lipinski definition) is 1. The molecule has 2 unspecified atom stereocenters. The lowest BCUT2D eigenvalue weighted by Crippen LogP contribution is -2.48. The highest BCUT2D eigenvalue weighted by atomic mass is 79.9. The first kappa shape index (κ1) is 19.1. The average molecular weight is 577 g/mol. The monoisotopic (exact) mass is 573 g/mol. The SMILES string of the molecule is CCC(C)C(C(=O)O)N1C(=O)c2c(Br)c(Br)c(Br)c(Br)c2C1=O. The molecule has 1 aromatic rings. The molecule has 0 aliphatic carbocycles. The molecule has 1 aliphatic rings. The summed E-state index contributed by atoms with van der Waals surface area (Å²) in [6, 6.07) is -1.20. The fraction of sp³-hybridized carbons (Fsp3) is 0.357. The van der Waals surface area contributed by atoms with Crippen LogP contribution in [0.3, 0.4) is 0 Å². The van der Waals surface area contributed by atoms with Crippen molar-refractivity contribution in [1.82, 2.24) is 4.90 Å². The molecule has 0 radical (unpaired) electrons. The maximum atomic E-state index is 12.8. The predicted octanol–water partition coefficient (Wildman–Crippen LogP) is 4.83. The Kier molecular flexibility index (Phi) is 5.75.